The maximum Gasteiger partial charge on any atom is 0.261 e. The van der Waals surface area contributed by atoms with E-state index in [4.69, 9.17) is 0 Å². The van der Waals surface area contributed by atoms with Crippen molar-refractivity contribution in [1.82, 2.24) is 4.31 Å². The van der Waals surface area contributed by atoms with E-state index in [1.165, 1.54) is 40.7 Å². The summed E-state index contributed by atoms with van der Waals surface area (Å²) in [6.07, 6.45) is 0.793. The number of halogens is 1. The molecule has 0 spiro atoms. The third kappa shape index (κ3) is 6.48. The van der Waals surface area contributed by atoms with E-state index in [0.29, 0.717) is 18.5 Å². The Labute approximate surface area is 210 Å². The summed E-state index contributed by atoms with van der Waals surface area (Å²) in [4.78, 5) is 12.7. The van der Waals surface area contributed by atoms with E-state index in [-0.39, 0.29) is 41.3 Å². The number of sulfonamides is 2. The zero-order chi connectivity index (χ0) is 25.8. The molecule has 1 amide bonds. The van der Waals surface area contributed by atoms with E-state index in [1.54, 1.807) is 24.3 Å². The SMILES string of the molecule is O=C(Nc1ccc(S(=O)(=O)Nc2ccc(F)cc2)cc1)C1CCN(S(=O)(=O)Cc2ccccc2)CC1. The van der Waals surface area contributed by atoms with Gasteiger partial charge in [-0.25, -0.2) is 25.5 Å². The van der Waals surface area contributed by atoms with E-state index in [0.717, 1.165) is 17.7 Å². The Morgan fingerprint density at radius 2 is 1.42 bits per heavy atom. The van der Waals surface area contributed by atoms with Gasteiger partial charge in [-0.2, -0.15) is 0 Å². The van der Waals surface area contributed by atoms with Gasteiger partial charge in [0.15, 0.2) is 0 Å². The van der Waals surface area contributed by atoms with Gasteiger partial charge < -0.3 is 5.32 Å². The molecule has 1 heterocycles. The predicted molar refractivity (Wildman–Crippen MR) is 136 cm³/mol. The number of hydrogen-bond donors (Lipinski definition) is 2. The van der Waals surface area contributed by atoms with Crippen LogP contribution in [0.2, 0.25) is 0 Å². The summed E-state index contributed by atoms with van der Waals surface area (Å²) in [6, 6.07) is 19.6. The molecular formula is C25H26FN3O5S2. The van der Waals surface area contributed by atoms with E-state index in [1.807, 2.05) is 6.07 Å². The molecule has 1 aliphatic rings. The molecule has 0 atom stereocenters. The normalized spacial score (nSPS) is 15.4. The number of anilines is 2. The highest BCUT2D eigenvalue weighted by atomic mass is 32.2. The van der Waals surface area contributed by atoms with Gasteiger partial charge in [0.1, 0.15) is 5.82 Å². The first-order valence-electron chi connectivity index (χ1n) is 11.3. The van der Waals surface area contributed by atoms with Crippen LogP contribution in [0, 0.1) is 11.7 Å². The zero-order valence-electron chi connectivity index (χ0n) is 19.3. The molecule has 190 valence electrons. The highest BCUT2D eigenvalue weighted by Gasteiger charge is 2.31. The van der Waals surface area contributed by atoms with Crippen LogP contribution in [0.15, 0.2) is 83.8 Å². The molecule has 0 bridgehead atoms. The number of carbonyl (C=O) groups excluding carboxylic acids is 1. The van der Waals surface area contributed by atoms with Gasteiger partial charge in [-0.3, -0.25) is 9.52 Å². The lowest BCUT2D eigenvalue weighted by molar-refractivity contribution is -0.120. The number of hydrogen-bond acceptors (Lipinski definition) is 5. The molecule has 36 heavy (non-hydrogen) atoms. The molecule has 1 fully saturated rings. The third-order valence-electron chi connectivity index (χ3n) is 5.94. The zero-order valence-corrected chi connectivity index (χ0v) is 20.9. The summed E-state index contributed by atoms with van der Waals surface area (Å²) in [5.41, 5.74) is 1.38. The second-order valence-electron chi connectivity index (χ2n) is 8.54. The van der Waals surface area contributed by atoms with Crippen molar-refractivity contribution >= 4 is 37.3 Å². The molecule has 11 heteroatoms. The molecule has 0 aliphatic carbocycles. The molecule has 4 rings (SSSR count). The number of benzene rings is 3. The quantitative estimate of drug-likeness (QED) is 0.459. The van der Waals surface area contributed by atoms with Crippen LogP contribution in [0.1, 0.15) is 18.4 Å². The number of rotatable bonds is 8. The maximum absolute atomic E-state index is 13.0. The average molecular weight is 532 g/mol. The van der Waals surface area contributed by atoms with Crippen molar-refractivity contribution in [3.8, 4) is 0 Å². The molecule has 0 saturated carbocycles. The lowest BCUT2D eigenvalue weighted by Crippen LogP contribution is -2.41. The van der Waals surface area contributed by atoms with Gasteiger partial charge in [-0.05, 0) is 66.9 Å². The summed E-state index contributed by atoms with van der Waals surface area (Å²) in [7, 11) is -7.35. The standard InChI is InChI=1S/C25H26FN3O5S2/c26-21-6-8-23(9-7-21)28-36(33,34)24-12-10-22(11-13-24)27-25(30)20-14-16-29(17-15-20)35(31,32)18-19-4-2-1-3-5-19/h1-13,20,28H,14-18H2,(H,27,30). The van der Waals surface area contributed by atoms with Gasteiger partial charge in [-0.1, -0.05) is 30.3 Å². The van der Waals surface area contributed by atoms with Crippen molar-refractivity contribution in [3.05, 3.63) is 90.2 Å². The molecule has 3 aromatic rings. The number of carbonyl (C=O) groups is 1. The summed E-state index contributed by atoms with van der Waals surface area (Å²) in [5, 5.41) is 2.78. The molecule has 1 aliphatic heterocycles. The Balaban J connectivity index is 1.31. The maximum atomic E-state index is 13.0. The first-order valence-corrected chi connectivity index (χ1v) is 14.4. The van der Waals surface area contributed by atoms with Crippen LogP contribution >= 0.6 is 0 Å². The molecule has 0 radical (unpaired) electrons. The van der Waals surface area contributed by atoms with Crippen LogP contribution in [0.5, 0.6) is 0 Å². The van der Waals surface area contributed by atoms with Gasteiger partial charge in [0, 0.05) is 30.4 Å². The highest BCUT2D eigenvalue weighted by Crippen LogP contribution is 2.24. The lowest BCUT2D eigenvalue weighted by atomic mass is 9.97. The molecule has 2 N–H and O–H groups in total. The highest BCUT2D eigenvalue weighted by molar-refractivity contribution is 7.92. The van der Waals surface area contributed by atoms with Crippen molar-refractivity contribution in [2.75, 3.05) is 23.1 Å². The summed E-state index contributed by atoms with van der Waals surface area (Å²) < 4.78 is 67.4. The van der Waals surface area contributed by atoms with Crippen molar-refractivity contribution in [3.63, 3.8) is 0 Å². The number of amides is 1. The minimum absolute atomic E-state index is 0.0123. The number of nitrogens with one attached hydrogen (secondary N) is 2. The fourth-order valence-corrected chi connectivity index (χ4v) is 6.59. The van der Waals surface area contributed by atoms with E-state index in [2.05, 4.69) is 10.0 Å². The lowest BCUT2D eigenvalue weighted by Gasteiger charge is -2.30. The smallest absolute Gasteiger partial charge is 0.261 e. The number of piperidine rings is 1. The van der Waals surface area contributed by atoms with Crippen LogP contribution in [0.25, 0.3) is 0 Å². The van der Waals surface area contributed by atoms with Crippen LogP contribution in [0.3, 0.4) is 0 Å². The Bertz CT molecular complexity index is 1400. The summed E-state index contributed by atoms with van der Waals surface area (Å²) >= 11 is 0. The van der Waals surface area contributed by atoms with Crippen LogP contribution in [-0.2, 0) is 30.6 Å². The van der Waals surface area contributed by atoms with Crippen LogP contribution in [0.4, 0.5) is 15.8 Å². The van der Waals surface area contributed by atoms with Crippen molar-refractivity contribution in [2.24, 2.45) is 5.92 Å². The Hall–Kier alpha value is -3.28. The minimum atomic E-state index is -3.88. The monoisotopic (exact) mass is 531 g/mol. The van der Waals surface area contributed by atoms with Crippen LogP contribution in [-0.4, -0.2) is 40.1 Å². The van der Waals surface area contributed by atoms with Crippen molar-refractivity contribution in [1.29, 1.82) is 0 Å². The van der Waals surface area contributed by atoms with Gasteiger partial charge >= 0.3 is 0 Å². The molecule has 1 saturated heterocycles. The van der Waals surface area contributed by atoms with Gasteiger partial charge in [0.25, 0.3) is 10.0 Å². The van der Waals surface area contributed by atoms with E-state index < -0.39 is 25.9 Å². The van der Waals surface area contributed by atoms with E-state index in [9.17, 15) is 26.0 Å². The topological polar surface area (TPSA) is 113 Å². The summed E-state index contributed by atoms with van der Waals surface area (Å²) in [6.45, 7) is 0.527. The average Bonchev–Trinajstić information content (AvgIpc) is 2.86. The first-order chi connectivity index (χ1) is 17.1. The second-order valence-corrected chi connectivity index (χ2v) is 12.2. The van der Waals surface area contributed by atoms with Gasteiger partial charge in [-0.15, -0.1) is 0 Å². The Kier molecular flexibility index (Phi) is 7.72. The van der Waals surface area contributed by atoms with Crippen LogP contribution < -0.4 is 10.0 Å². The predicted octanol–water partition coefficient (Wildman–Crippen LogP) is 3.81. The minimum Gasteiger partial charge on any atom is -0.326 e. The second kappa shape index (κ2) is 10.8. The Morgan fingerprint density at radius 3 is 2.03 bits per heavy atom. The Morgan fingerprint density at radius 1 is 0.833 bits per heavy atom. The fraction of sp³-hybridized carbons (Fsp3) is 0.240. The molecule has 0 aromatic heterocycles. The van der Waals surface area contributed by atoms with Crippen molar-refractivity contribution in [2.45, 2.75) is 23.5 Å². The molecule has 8 nitrogen and oxygen atoms in total. The molecule has 0 unspecified atom stereocenters. The first kappa shape index (κ1) is 25.8. The third-order valence-corrected chi connectivity index (χ3v) is 9.19. The van der Waals surface area contributed by atoms with Gasteiger partial charge in [0.05, 0.1) is 10.6 Å². The van der Waals surface area contributed by atoms with Crippen molar-refractivity contribution < 1.29 is 26.0 Å². The van der Waals surface area contributed by atoms with Gasteiger partial charge in [0.2, 0.25) is 15.9 Å². The summed E-state index contributed by atoms with van der Waals surface area (Å²) in [5.74, 6) is -1.14. The van der Waals surface area contributed by atoms with E-state index >= 15 is 0 Å². The number of nitrogens with zero attached hydrogens (tertiary/aromatic N) is 1. The largest absolute Gasteiger partial charge is 0.326 e. The molecule has 3 aromatic carbocycles. The molecular weight excluding hydrogens is 505 g/mol. The fourth-order valence-electron chi connectivity index (χ4n) is 3.97.